The molecule has 1 aromatic heterocycles. The van der Waals surface area contributed by atoms with Crippen molar-refractivity contribution in [3.63, 3.8) is 0 Å². The molecule has 23 heavy (non-hydrogen) atoms. The zero-order valence-electron chi connectivity index (χ0n) is 13.5. The standard InChI is InChI=1S/C17H23N3O3/c1-3-23-15-12-20(14-9-5-4-6-10-14)19-16(15)17(22)18-13(2)8-7-11-21/h4-6,9-10,12-13,21H,3,7-8,11H2,1-2H3,(H,18,22). The van der Waals surface area contributed by atoms with Crippen LogP contribution >= 0.6 is 0 Å². The van der Waals surface area contributed by atoms with Gasteiger partial charge in [-0.15, -0.1) is 0 Å². The van der Waals surface area contributed by atoms with Crippen molar-refractivity contribution in [1.82, 2.24) is 15.1 Å². The topological polar surface area (TPSA) is 76.4 Å². The summed E-state index contributed by atoms with van der Waals surface area (Å²) in [7, 11) is 0. The number of aliphatic hydroxyl groups is 1. The largest absolute Gasteiger partial charge is 0.490 e. The quantitative estimate of drug-likeness (QED) is 0.782. The molecule has 0 aliphatic carbocycles. The van der Waals surface area contributed by atoms with Gasteiger partial charge < -0.3 is 15.2 Å². The highest BCUT2D eigenvalue weighted by atomic mass is 16.5. The van der Waals surface area contributed by atoms with Gasteiger partial charge in [-0.1, -0.05) is 18.2 Å². The molecule has 1 aromatic carbocycles. The summed E-state index contributed by atoms with van der Waals surface area (Å²) >= 11 is 0. The van der Waals surface area contributed by atoms with Crippen molar-refractivity contribution < 1.29 is 14.6 Å². The lowest BCUT2D eigenvalue weighted by atomic mass is 10.2. The number of hydrogen-bond acceptors (Lipinski definition) is 4. The Morgan fingerprint density at radius 2 is 2.13 bits per heavy atom. The molecule has 0 saturated heterocycles. The maximum absolute atomic E-state index is 12.4. The first kappa shape index (κ1) is 17.0. The van der Waals surface area contributed by atoms with Crippen LogP contribution in [0.15, 0.2) is 36.5 Å². The molecular formula is C17H23N3O3. The van der Waals surface area contributed by atoms with Crippen LogP contribution in [0.4, 0.5) is 0 Å². The molecule has 0 saturated carbocycles. The number of carbonyl (C=O) groups excluding carboxylic acids is 1. The molecule has 0 aliphatic rings. The summed E-state index contributed by atoms with van der Waals surface area (Å²) in [5, 5.41) is 16.1. The third kappa shape index (κ3) is 4.56. The summed E-state index contributed by atoms with van der Waals surface area (Å²) in [4.78, 5) is 12.4. The molecule has 124 valence electrons. The molecule has 6 nitrogen and oxygen atoms in total. The average Bonchev–Trinajstić information content (AvgIpc) is 2.98. The van der Waals surface area contributed by atoms with Crippen LogP contribution in [0.25, 0.3) is 5.69 Å². The van der Waals surface area contributed by atoms with Crippen LogP contribution in [0.3, 0.4) is 0 Å². The Balaban J connectivity index is 2.19. The molecular weight excluding hydrogens is 294 g/mol. The van der Waals surface area contributed by atoms with E-state index in [-0.39, 0.29) is 24.2 Å². The minimum atomic E-state index is -0.270. The monoisotopic (exact) mass is 317 g/mol. The van der Waals surface area contributed by atoms with E-state index < -0.39 is 0 Å². The van der Waals surface area contributed by atoms with Crippen molar-refractivity contribution in [2.24, 2.45) is 0 Å². The lowest BCUT2D eigenvalue weighted by Crippen LogP contribution is -2.33. The fraction of sp³-hybridized carbons (Fsp3) is 0.412. The Bertz CT molecular complexity index is 625. The van der Waals surface area contributed by atoms with Gasteiger partial charge in [0.1, 0.15) is 0 Å². The van der Waals surface area contributed by atoms with Gasteiger partial charge in [-0.2, -0.15) is 5.10 Å². The predicted molar refractivity (Wildman–Crippen MR) is 88.0 cm³/mol. The molecule has 0 fully saturated rings. The molecule has 0 aliphatic heterocycles. The lowest BCUT2D eigenvalue weighted by Gasteiger charge is -2.12. The number of carbonyl (C=O) groups is 1. The minimum absolute atomic E-state index is 0.0361. The Labute approximate surface area is 136 Å². The van der Waals surface area contributed by atoms with E-state index >= 15 is 0 Å². The number of rotatable bonds is 8. The molecule has 1 amide bonds. The molecule has 2 N–H and O–H groups in total. The number of nitrogens with zero attached hydrogens (tertiary/aromatic N) is 2. The van der Waals surface area contributed by atoms with Gasteiger partial charge in [-0.25, -0.2) is 4.68 Å². The summed E-state index contributed by atoms with van der Waals surface area (Å²) in [5.74, 6) is 0.191. The van der Waals surface area contributed by atoms with Gasteiger partial charge in [0.15, 0.2) is 11.4 Å². The summed E-state index contributed by atoms with van der Waals surface area (Å²) in [5.41, 5.74) is 1.13. The fourth-order valence-corrected chi connectivity index (χ4v) is 2.25. The maximum Gasteiger partial charge on any atom is 0.275 e. The summed E-state index contributed by atoms with van der Waals surface area (Å²) in [6.07, 6.45) is 3.08. The molecule has 1 unspecified atom stereocenters. The number of hydrogen-bond donors (Lipinski definition) is 2. The van der Waals surface area contributed by atoms with Crippen LogP contribution in [0, 0.1) is 0 Å². The van der Waals surface area contributed by atoms with Crippen LogP contribution < -0.4 is 10.1 Å². The second kappa shape index (κ2) is 8.33. The first-order chi connectivity index (χ1) is 11.2. The van der Waals surface area contributed by atoms with Gasteiger partial charge in [-0.3, -0.25) is 4.79 Å². The number of nitrogens with one attached hydrogen (secondary N) is 1. The average molecular weight is 317 g/mol. The highest BCUT2D eigenvalue weighted by Crippen LogP contribution is 2.20. The Morgan fingerprint density at radius 3 is 2.78 bits per heavy atom. The molecule has 2 rings (SSSR count). The van der Waals surface area contributed by atoms with Crippen molar-refractivity contribution in [3.05, 3.63) is 42.2 Å². The van der Waals surface area contributed by atoms with Crippen molar-refractivity contribution in [2.45, 2.75) is 32.7 Å². The third-order valence-electron chi connectivity index (χ3n) is 3.39. The maximum atomic E-state index is 12.4. The van der Waals surface area contributed by atoms with Gasteiger partial charge in [-0.05, 0) is 38.8 Å². The lowest BCUT2D eigenvalue weighted by molar-refractivity contribution is 0.0927. The Kier molecular flexibility index (Phi) is 6.17. The van der Waals surface area contributed by atoms with Crippen LogP contribution in [-0.4, -0.2) is 40.0 Å². The van der Waals surface area contributed by atoms with Crippen molar-refractivity contribution in [3.8, 4) is 11.4 Å². The highest BCUT2D eigenvalue weighted by molar-refractivity contribution is 5.95. The van der Waals surface area contributed by atoms with Gasteiger partial charge in [0.05, 0.1) is 18.5 Å². The van der Waals surface area contributed by atoms with Crippen LogP contribution in [0.1, 0.15) is 37.2 Å². The summed E-state index contributed by atoms with van der Waals surface area (Å²) in [6, 6.07) is 9.53. The molecule has 0 radical (unpaired) electrons. The predicted octanol–water partition coefficient (Wildman–Crippen LogP) is 2.16. The number of amides is 1. The van der Waals surface area contributed by atoms with Crippen LogP contribution in [0.2, 0.25) is 0 Å². The van der Waals surface area contributed by atoms with E-state index in [9.17, 15) is 4.79 Å². The van der Waals surface area contributed by atoms with Gasteiger partial charge in [0, 0.05) is 12.6 Å². The highest BCUT2D eigenvalue weighted by Gasteiger charge is 2.20. The normalized spacial score (nSPS) is 12.0. The second-order valence-corrected chi connectivity index (χ2v) is 5.30. The van der Waals surface area contributed by atoms with Gasteiger partial charge in [0.2, 0.25) is 0 Å². The molecule has 2 aromatic rings. The zero-order chi connectivity index (χ0) is 16.7. The Morgan fingerprint density at radius 1 is 1.39 bits per heavy atom. The van der Waals surface area contributed by atoms with Crippen molar-refractivity contribution >= 4 is 5.91 Å². The minimum Gasteiger partial charge on any atom is -0.490 e. The molecule has 0 spiro atoms. The fourth-order valence-electron chi connectivity index (χ4n) is 2.25. The van der Waals surface area contributed by atoms with E-state index in [1.54, 1.807) is 10.9 Å². The number of ether oxygens (including phenoxy) is 1. The van der Waals surface area contributed by atoms with E-state index in [0.717, 1.165) is 5.69 Å². The van der Waals surface area contributed by atoms with Crippen molar-refractivity contribution in [2.75, 3.05) is 13.2 Å². The molecule has 1 heterocycles. The van der Waals surface area contributed by atoms with Gasteiger partial charge >= 0.3 is 0 Å². The van der Waals surface area contributed by atoms with E-state index in [2.05, 4.69) is 10.4 Å². The molecule has 0 bridgehead atoms. The zero-order valence-corrected chi connectivity index (χ0v) is 13.5. The summed E-state index contributed by atoms with van der Waals surface area (Å²) in [6.45, 7) is 4.35. The smallest absolute Gasteiger partial charge is 0.275 e. The summed E-state index contributed by atoms with van der Waals surface area (Å²) < 4.78 is 7.18. The SMILES string of the molecule is CCOc1cn(-c2ccccc2)nc1C(=O)NC(C)CCCO. The third-order valence-corrected chi connectivity index (χ3v) is 3.39. The number of aromatic nitrogens is 2. The molecule has 6 heteroatoms. The number of para-hydroxylation sites is 1. The first-order valence-corrected chi connectivity index (χ1v) is 7.85. The van der Waals surface area contributed by atoms with Crippen LogP contribution in [-0.2, 0) is 0 Å². The van der Waals surface area contributed by atoms with E-state index in [4.69, 9.17) is 9.84 Å². The van der Waals surface area contributed by atoms with E-state index in [0.29, 0.717) is 25.2 Å². The van der Waals surface area contributed by atoms with Gasteiger partial charge in [0.25, 0.3) is 5.91 Å². The van der Waals surface area contributed by atoms with E-state index in [1.807, 2.05) is 44.2 Å². The van der Waals surface area contributed by atoms with E-state index in [1.165, 1.54) is 0 Å². The first-order valence-electron chi connectivity index (χ1n) is 7.85. The van der Waals surface area contributed by atoms with Crippen LogP contribution in [0.5, 0.6) is 5.75 Å². The Hall–Kier alpha value is -2.34. The second-order valence-electron chi connectivity index (χ2n) is 5.30. The number of benzene rings is 1. The number of aliphatic hydroxyl groups excluding tert-OH is 1. The van der Waals surface area contributed by atoms with Crippen molar-refractivity contribution in [1.29, 1.82) is 0 Å². The molecule has 1 atom stereocenters.